The SMILES string of the molecule is N[C@@H](Cc1ccccc1)C(=O)O.OC[C@H]1O[C@@H](c2ccc(Cl)c(Cc3ccc(OCC#CC4CC4)cc3)c2)[C@H](O)[C@@H](O)[C@@H]1O. The monoisotopic (exact) mass is 623 g/mol. The number of rotatable bonds is 9. The van der Waals surface area contributed by atoms with Crippen molar-refractivity contribution in [2.45, 2.75) is 62.2 Å². The van der Waals surface area contributed by atoms with Crippen LogP contribution >= 0.6 is 11.6 Å². The van der Waals surface area contributed by atoms with Crippen molar-refractivity contribution in [2.24, 2.45) is 11.7 Å². The predicted molar refractivity (Wildman–Crippen MR) is 165 cm³/mol. The first kappa shape index (κ1) is 33.4. The molecule has 1 aliphatic heterocycles. The van der Waals surface area contributed by atoms with Crippen LogP contribution in [0.25, 0.3) is 0 Å². The van der Waals surface area contributed by atoms with Crippen LogP contribution in [-0.4, -0.2) is 75.2 Å². The molecule has 5 rings (SSSR count). The summed E-state index contributed by atoms with van der Waals surface area (Å²) < 4.78 is 11.3. The zero-order valence-electron chi connectivity index (χ0n) is 24.1. The predicted octanol–water partition coefficient (Wildman–Crippen LogP) is 2.88. The van der Waals surface area contributed by atoms with Gasteiger partial charge < -0.3 is 40.7 Å². The molecule has 2 fully saturated rings. The molecule has 9 nitrogen and oxygen atoms in total. The smallest absolute Gasteiger partial charge is 0.320 e. The second kappa shape index (κ2) is 16.0. The van der Waals surface area contributed by atoms with Gasteiger partial charge in [-0.25, -0.2) is 0 Å². The van der Waals surface area contributed by atoms with Crippen LogP contribution in [0.15, 0.2) is 72.8 Å². The molecule has 6 atom stereocenters. The Bertz CT molecular complexity index is 1420. The highest BCUT2D eigenvalue weighted by molar-refractivity contribution is 6.31. The van der Waals surface area contributed by atoms with Gasteiger partial charge in [0.05, 0.1) is 6.61 Å². The van der Waals surface area contributed by atoms with Crippen molar-refractivity contribution in [2.75, 3.05) is 13.2 Å². The maximum absolute atomic E-state index is 10.4. The van der Waals surface area contributed by atoms with Crippen molar-refractivity contribution in [3.05, 3.63) is 100 Å². The molecular formula is C34H38ClNO8. The third-order valence-electron chi connectivity index (χ3n) is 7.42. The first-order chi connectivity index (χ1) is 21.2. The van der Waals surface area contributed by atoms with Gasteiger partial charge in [-0.05, 0) is 66.1 Å². The third kappa shape index (κ3) is 9.52. The maximum Gasteiger partial charge on any atom is 0.320 e. The van der Waals surface area contributed by atoms with Gasteiger partial charge in [0.2, 0.25) is 0 Å². The molecule has 3 aromatic carbocycles. The Morgan fingerprint density at radius 2 is 1.68 bits per heavy atom. The summed E-state index contributed by atoms with van der Waals surface area (Å²) in [5.41, 5.74) is 8.75. The summed E-state index contributed by atoms with van der Waals surface area (Å²) in [5, 5.41) is 49.0. The summed E-state index contributed by atoms with van der Waals surface area (Å²) in [5.74, 6) is 6.55. The fourth-order valence-electron chi connectivity index (χ4n) is 4.70. The standard InChI is InChI=1S/C25H27ClO6.C9H11NO2/c26-20-10-7-17(25-24(30)23(29)22(28)21(14-27)32-25)13-18(20)12-16-5-8-19(9-6-16)31-11-1-2-15-3-4-15;10-8(9(11)12)6-7-4-2-1-3-5-7/h5-10,13,15,21-25,27-30H,3-4,11-12,14H2;1-5,8H,6,10H2,(H,11,12)/t21-,22-,23+,24-,25+;8-/m10/s1. The average molecular weight is 624 g/mol. The number of carboxylic acid groups (broad SMARTS) is 1. The molecule has 1 saturated heterocycles. The van der Waals surface area contributed by atoms with E-state index in [1.807, 2.05) is 60.7 Å². The van der Waals surface area contributed by atoms with E-state index in [1.54, 1.807) is 12.1 Å². The first-order valence-corrected chi connectivity index (χ1v) is 14.8. The fraction of sp³-hybridized carbons (Fsp3) is 0.382. The summed E-state index contributed by atoms with van der Waals surface area (Å²) in [6, 6.07) is 21.5. The fourth-order valence-corrected chi connectivity index (χ4v) is 4.88. The number of ether oxygens (including phenoxy) is 2. The Labute approximate surface area is 261 Å². The number of halogens is 1. The van der Waals surface area contributed by atoms with Gasteiger partial charge in [0.15, 0.2) is 0 Å². The molecule has 44 heavy (non-hydrogen) atoms. The lowest BCUT2D eigenvalue weighted by Gasteiger charge is -2.40. The number of nitrogens with two attached hydrogens (primary N) is 1. The summed E-state index contributed by atoms with van der Waals surface area (Å²) in [6.07, 6.45) is -2.68. The van der Waals surface area contributed by atoms with Crippen LogP contribution in [0.5, 0.6) is 5.75 Å². The van der Waals surface area contributed by atoms with Crippen LogP contribution in [0.1, 0.15) is 41.2 Å². The Morgan fingerprint density at radius 1 is 0.977 bits per heavy atom. The second-order valence-corrected chi connectivity index (χ2v) is 11.3. The highest BCUT2D eigenvalue weighted by Crippen LogP contribution is 2.34. The van der Waals surface area contributed by atoms with Gasteiger partial charge in [-0.2, -0.15) is 0 Å². The van der Waals surface area contributed by atoms with Crippen molar-refractivity contribution in [3.63, 3.8) is 0 Å². The number of carboxylic acids is 1. The molecule has 3 aromatic rings. The Kier molecular flexibility index (Phi) is 12.2. The van der Waals surface area contributed by atoms with Crippen LogP contribution in [0.2, 0.25) is 5.02 Å². The summed E-state index contributed by atoms with van der Waals surface area (Å²) in [7, 11) is 0. The Balaban J connectivity index is 0.000000309. The van der Waals surface area contributed by atoms with E-state index in [2.05, 4.69) is 11.8 Å². The lowest BCUT2D eigenvalue weighted by molar-refractivity contribution is -0.231. The van der Waals surface area contributed by atoms with E-state index in [0.717, 1.165) is 22.4 Å². The molecule has 0 aromatic heterocycles. The Morgan fingerprint density at radius 3 is 2.32 bits per heavy atom. The van der Waals surface area contributed by atoms with Crippen molar-refractivity contribution in [1.82, 2.24) is 0 Å². The lowest BCUT2D eigenvalue weighted by Crippen LogP contribution is -2.55. The topological polar surface area (TPSA) is 163 Å². The number of aliphatic carboxylic acids is 1. The lowest BCUT2D eigenvalue weighted by atomic mass is 9.90. The average Bonchev–Trinajstić information content (AvgIpc) is 3.86. The minimum absolute atomic E-state index is 0.378. The van der Waals surface area contributed by atoms with Gasteiger partial charge in [-0.1, -0.05) is 78.0 Å². The molecule has 7 N–H and O–H groups in total. The molecule has 1 aliphatic carbocycles. The van der Waals surface area contributed by atoms with Crippen LogP contribution in [0.3, 0.4) is 0 Å². The molecule has 1 saturated carbocycles. The van der Waals surface area contributed by atoms with Gasteiger partial charge >= 0.3 is 5.97 Å². The van der Waals surface area contributed by atoms with Crippen molar-refractivity contribution < 1.29 is 39.8 Å². The number of carbonyl (C=O) groups is 1. The van der Waals surface area contributed by atoms with Crippen LogP contribution in [0, 0.1) is 17.8 Å². The van der Waals surface area contributed by atoms with E-state index in [9.17, 15) is 25.2 Å². The maximum atomic E-state index is 10.4. The number of aliphatic hydroxyl groups excluding tert-OH is 4. The quantitative estimate of drug-likeness (QED) is 0.197. The summed E-state index contributed by atoms with van der Waals surface area (Å²) in [4.78, 5) is 10.4. The molecule has 0 unspecified atom stereocenters. The zero-order chi connectivity index (χ0) is 31.6. The molecular weight excluding hydrogens is 586 g/mol. The molecule has 1 heterocycles. The number of hydrogen-bond donors (Lipinski definition) is 6. The molecule has 2 aliphatic rings. The molecule has 10 heteroatoms. The minimum Gasteiger partial charge on any atom is -0.481 e. The number of benzene rings is 3. The third-order valence-corrected chi connectivity index (χ3v) is 7.79. The normalized spacial score (nSPS) is 23.4. The first-order valence-electron chi connectivity index (χ1n) is 14.5. The van der Waals surface area contributed by atoms with E-state index >= 15 is 0 Å². The number of aliphatic hydroxyl groups is 4. The van der Waals surface area contributed by atoms with E-state index < -0.39 is 49.1 Å². The summed E-state index contributed by atoms with van der Waals surface area (Å²) >= 11 is 6.40. The largest absolute Gasteiger partial charge is 0.481 e. The van der Waals surface area contributed by atoms with Gasteiger partial charge in [0, 0.05) is 10.9 Å². The van der Waals surface area contributed by atoms with Gasteiger partial charge in [0.1, 0.15) is 48.9 Å². The highest BCUT2D eigenvalue weighted by atomic mass is 35.5. The van der Waals surface area contributed by atoms with Crippen LogP contribution < -0.4 is 10.5 Å². The summed E-state index contributed by atoms with van der Waals surface area (Å²) in [6.45, 7) is -0.0920. The molecule has 0 amide bonds. The van der Waals surface area contributed by atoms with Crippen LogP contribution in [-0.2, 0) is 22.4 Å². The van der Waals surface area contributed by atoms with E-state index in [0.29, 0.717) is 36.0 Å². The molecule has 0 spiro atoms. The molecule has 0 radical (unpaired) electrons. The van der Waals surface area contributed by atoms with Crippen LogP contribution in [0.4, 0.5) is 0 Å². The number of hydrogen-bond acceptors (Lipinski definition) is 8. The van der Waals surface area contributed by atoms with E-state index in [-0.39, 0.29) is 0 Å². The van der Waals surface area contributed by atoms with Crippen molar-refractivity contribution in [3.8, 4) is 17.6 Å². The van der Waals surface area contributed by atoms with Gasteiger partial charge in [-0.15, -0.1) is 0 Å². The Hall–Kier alpha value is -3.46. The zero-order valence-corrected chi connectivity index (χ0v) is 24.9. The molecule has 0 bridgehead atoms. The highest BCUT2D eigenvalue weighted by Gasteiger charge is 2.44. The van der Waals surface area contributed by atoms with Crippen molar-refractivity contribution in [1.29, 1.82) is 0 Å². The van der Waals surface area contributed by atoms with Crippen molar-refractivity contribution >= 4 is 17.6 Å². The van der Waals surface area contributed by atoms with Gasteiger partial charge in [0.25, 0.3) is 0 Å². The van der Waals surface area contributed by atoms with E-state index in [1.165, 1.54) is 12.8 Å². The van der Waals surface area contributed by atoms with Gasteiger partial charge in [-0.3, -0.25) is 4.79 Å². The second-order valence-electron chi connectivity index (χ2n) is 10.9. The van der Waals surface area contributed by atoms with E-state index in [4.69, 9.17) is 31.9 Å². The molecule has 234 valence electrons. The minimum atomic E-state index is -1.42.